The van der Waals surface area contributed by atoms with Gasteiger partial charge in [-0.1, -0.05) is 17.7 Å². The summed E-state index contributed by atoms with van der Waals surface area (Å²) in [5.74, 6) is -1.88. The number of ether oxygens (including phenoxy) is 1. The van der Waals surface area contributed by atoms with Crippen LogP contribution >= 0.6 is 11.6 Å². The first-order valence-electron chi connectivity index (χ1n) is 5.88. The third kappa shape index (κ3) is 1.99. The van der Waals surface area contributed by atoms with E-state index in [0.29, 0.717) is 18.7 Å². The summed E-state index contributed by atoms with van der Waals surface area (Å²) >= 11 is 5.97. The number of aromatic nitrogens is 1. The second-order valence-corrected chi connectivity index (χ2v) is 5.01. The quantitative estimate of drug-likeness (QED) is 0.794. The minimum Gasteiger partial charge on any atom is -0.377 e. The monoisotopic (exact) mass is 303 g/mol. The summed E-state index contributed by atoms with van der Waals surface area (Å²) in [5, 5.41) is 0.275. The molecule has 1 aromatic heterocycles. The second-order valence-electron chi connectivity index (χ2n) is 4.60. The van der Waals surface area contributed by atoms with Crippen LogP contribution in [-0.4, -0.2) is 29.7 Å². The number of hydrogen-bond donors (Lipinski definition) is 0. The average molecular weight is 304 g/mol. The van der Waals surface area contributed by atoms with E-state index in [1.807, 2.05) is 0 Å². The second kappa shape index (κ2) is 4.49. The Morgan fingerprint density at radius 2 is 2.05 bits per heavy atom. The van der Waals surface area contributed by atoms with Crippen molar-refractivity contribution in [1.29, 1.82) is 0 Å². The number of carbonyl (C=O) groups is 1. The lowest BCUT2D eigenvalue weighted by Crippen LogP contribution is -2.30. The minimum absolute atomic E-state index is 0.0641. The van der Waals surface area contributed by atoms with Gasteiger partial charge in [-0.2, -0.15) is 13.2 Å². The van der Waals surface area contributed by atoms with Crippen LogP contribution in [0.1, 0.15) is 16.4 Å². The number of benzene rings is 1. The fourth-order valence-electron chi connectivity index (χ4n) is 2.28. The molecule has 3 nitrogen and oxygen atoms in total. The molecule has 0 bridgehead atoms. The molecule has 1 aromatic carbocycles. The van der Waals surface area contributed by atoms with Crippen LogP contribution in [0.2, 0.25) is 5.02 Å². The predicted octanol–water partition coefficient (Wildman–Crippen LogP) is 3.61. The van der Waals surface area contributed by atoms with E-state index in [1.165, 1.54) is 12.3 Å². The molecule has 2 heterocycles. The third-order valence-electron chi connectivity index (χ3n) is 3.32. The Bertz CT molecular complexity index is 689. The number of hydrogen-bond acceptors (Lipinski definition) is 2. The first-order valence-corrected chi connectivity index (χ1v) is 6.25. The van der Waals surface area contributed by atoms with E-state index in [4.69, 9.17) is 16.3 Å². The van der Waals surface area contributed by atoms with Gasteiger partial charge in [0.25, 0.3) is 5.78 Å². The molecular formula is C13H9ClF3NO2. The summed E-state index contributed by atoms with van der Waals surface area (Å²) in [6.45, 7) is 0.825. The highest BCUT2D eigenvalue weighted by Gasteiger charge is 2.41. The summed E-state index contributed by atoms with van der Waals surface area (Å²) < 4.78 is 44.7. The maximum Gasteiger partial charge on any atom is 0.454 e. The zero-order chi connectivity index (χ0) is 14.5. The van der Waals surface area contributed by atoms with Gasteiger partial charge in [-0.25, -0.2) is 0 Å². The number of ketones is 1. The summed E-state index contributed by atoms with van der Waals surface area (Å²) in [6, 6.07) is 4.69. The fraction of sp³-hybridized carbons (Fsp3) is 0.308. The Kier molecular flexibility index (Phi) is 3.02. The molecule has 0 aliphatic carbocycles. The lowest BCUT2D eigenvalue weighted by atomic mass is 10.1. The van der Waals surface area contributed by atoms with Crippen molar-refractivity contribution >= 4 is 28.3 Å². The molecule has 20 heavy (non-hydrogen) atoms. The summed E-state index contributed by atoms with van der Waals surface area (Å²) in [5.41, 5.74) is 0.100. The van der Waals surface area contributed by atoms with Crippen LogP contribution in [0.3, 0.4) is 0 Å². The Morgan fingerprint density at radius 1 is 1.35 bits per heavy atom. The highest BCUT2D eigenvalue weighted by atomic mass is 35.5. The number of fused-ring (bicyclic) bond motifs is 1. The molecule has 106 valence electrons. The van der Waals surface area contributed by atoms with Crippen molar-refractivity contribution in [2.45, 2.75) is 12.2 Å². The molecule has 3 rings (SSSR count). The number of carbonyl (C=O) groups excluding carboxylic acids is 1. The maximum atomic E-state index is 12.7. The molecule has 0 atom stereocenters. The largest absolute Gasteiger partial charge is 0.454 e. The highest BCUT2D eigenvalue weighted by Crippen LogP contribution is 2.35. The van der Waals surface area contributed by atoms with Gasteiger partial charge in [0, 0.05) is 11.6 Å². The minimum atomic E-state index is -4.92. The van der Waals surface area contributed by atoms with Crippen LogP contribution in [0.4, 0.5) is 13.2 Å². The lowest BCUT2D eigenvalue weighted by Gasteiger charge is -2.28. The van der Waals surface area contributed by atoms with Gasteiger partial charge in [0.1, 0.15) is 0 Å². The normalized spacial score (nSPS) is 16.4. The number of halogens is 4. The van der Waals surface area contributed by atoms with Gasteiger partial charge >= 0.3 is 6.18 Å². The van der Waals surface area contributed by atoms with Crippen molar-refractivity contribution in [2.75, 3.05) is 13.2 Å². The SMILES string of the molecule is O=C(c1cn(C2COC2)c2cccc(Cl)c12)C(F)(F)F. The first kappa shape index (κ1) is 13.5. The van der Waals surface area contributed by atoms with E-state index in [0.717, 1.165) is 0 Å². The van der Waals surface area contributed by atoms with E-state index in [-0.39, 0.29) is 16.5 Å². The maximum absolute atomic E-state index is 12.7. The van der Waals surface area contributed by atoms with Gasteiger partial charge in [-0.3, -0.25) is 4.79 Å². The Hall–Kier alpha value is -1.53. The van der Waals surface area contributed by atoms with Gasteiger partial charge in [0.2, 0.25) is 0 Å². The molecule has 1 saturated heterocycles. The lowest BCUT2D eigenvalue weighted by molar-refractivity contribution is -0.0884. The van der Waals surface area contributed by atoms with Gasteiger partial charge in [0.05, 0.1) is 35.4 Å². The van der Waals surface area contributed by atoms with Crippen molar-refractivity contribution in [3.8, 4) is 0 Å². The molecule has 0 unspecified atom stereocenters. The van der Waals surface area contributed by atoms with Crippen LogP contribution in [0.15, 0.2) is 24.4 Å². The smallest absolute Gasteiger partial charge is 0.377 e. The van der Waals surface area contributed by atoms with Gasteiger partial charge in [-0.05, 0) is 12.1 Å². The summed E-state index contributed by atoms with van der Waals surface area (Å²) in [7, 11) is 0. The topological polar surface area (TPSA) is 31.2 Å². The summed E-state index contributed by atoms with van der Waals surface area (Å²) in [6.07, 6.45) is -3.70. The zero-order valence-corrected chi connectivity index (χ0v) is 10.8. The van der Waals surface area contributed by atoms with E-state index in [1.54, 1.807) is 16.7 Å². The molecule has 0 spiro atoms. The number of alkyl halides is 3. The zero-order valence-electron chi connectivity index (χ0n) is 10.1. The molecular weight excluding hydrogens is 295 g/mol. The molecule has 0 radical (unpaired) electrons. The van der Waals surface area contributed by atoms with Crippen molar-refractivity contribution in [3.63, 3.8) is 0 Å². The standard InChI is InChI=1S/C13H9ClF3NO2/c14-9-2-1-3-10-11(9)8(12(19)13(15,16)17)4-18(10)7-5-20-6-7/h1-4,7H,5-6H2. The van der Waals surface area contributed by atoms with Gasteiger partial charge < -0.3 is 9.30 Å². The molecule has 1 aliphatic rings. The van der Waals surface area contributed by atoms with Gasteiger partial charge in [-0.15, -0.1) is 0 Å². The van der Waals surface area contributed by atoms with Crippen LogP contribution < -0.4 is 0 Å². The Balaban J connectivity index is 2.24. The van der Waals surface area contributed by atoms with Crippen LogP contribution in [0, 0.1) is 0 Å². The van der Waals surface area contributed by atoms with Crippen LogP contribution in [-0.2, 0) is 4.74 Å². The molecule has 1 fully saturated rings. The summed E-state index contributed by atoms with van der Waals surface area (Å²) in [4.78, 5) is 11.5. The first-order chi connectivity index (χ1) is 9.39. The molecule has 0 amide bonds. The Morgan fingerprint density at radius 3 is 2.60 bits per heavy atom. The average Bonchev–Trinajstić information content (AvgIpc) is 2.66. The number of rotatable bonds is 2. The van der Waals surface area contributed by atoms with Crippen molar-refractivity contribution < 1.29 is 22.7 Å². The highest BCUT2D eigenvalue weighted by molar-refractivity contribution is 6.37. The third-order valence-corrected chi connectivity index (χ3v) is 3.64. The van der Waals surface area contributed by atoms with E-state index < -0.39 is 17.5 Å². The van der Waals surface area contributed by atoms with Crippen molar-refractivity contribution in [2.24, 2.45) is 0 Å². The number of nitrogens with zero attached hydrogens (tertiary/aromatic N) is 1. The van der Waals surface area contributed by atoms with E-state index >= 15 is 0 Å². The molecule has 0 N–H and O–H groups in total. The number of Topliss-reactive ketones (excluding diaryl/α,β-unsaturated/α-hetero) is 1. The molecule has 1 aliphatic heterocycles. The van der Waals surface area contributed by atoms with E-state index in [9.17, 15) is 18.0 Å². The van der Waals surface area contributed by atoms with Gasteiger partial charge in [0.15, 0.2) is 0 Å². The van der Waals surface area contributed by atoms with Crippen molar-refractivity contribution in [3.05, 3.63) is 35.0 Å². The molecule has 2 aromatic rings. The fourth-order valence-corrected chi connectivity index (χ4v) is 2.55. The molecule has 0 saturated carbocycles. The molecule has 7 heteroatoms. The van der Waals surface area contributed by atoms with Crippen LogP contribution in [0.5, 0.6) is 0 Å². The van der Waals surface area contributed by atoms with E-state index in [2.05, 4.69) is 0 Å². The van der Waals surface area contributed by atoms with Crippen LogP contribution in [0.25, 0.3) is 10.9 Å². The Labute approximate surface area is 116 Å². The predicted molar refractivity (Wildman–Crippen MR) is 67.2 cm³/mol. The van der Waals surface area contributed by atoms with Crippen molar-refractivity contribution in [1.82, 2.24) is 4.57 Å².